The first kappa shape index (κ1) is 20.0. The number of benzene rings is 1. The van der Waals surface area contributed by atoms with E-state index in [2.05, 4.69) is 26.0 Å². The van der Waals surface area contributed by atoms with Crippen LogP contribution in [0.25, 0.3) is 5.65 Å². The zero-order valence-corrected chi connectivity index (χ0v) is 16.8. The predicted octanol–water partition coefficient (Wildman–Crippen LogP) is 1.83. The lowest BCUT2D eigenvalue weighted by Crippen LogP contribution is -2.33. The number of fused-ring (bicyclic) bond motifs is 2. The second kappa shape index (κ2) is 7.62. The Morgan fingerprint density at radius 1 is 1.22 bits per heavy atom. The number of nitrogens with zero attached hydrogens (tertiary/aromatic N) is 3. The lowest BCUT2D eigenvalue weighted by Gasteiger charge is -2.21. The molecule has 0 unspecified atom stereocenters. The van der Waals surface area contributed by atoms with Gasteiger partial charge >= 0.3 is 0 Å². The maximum Gasteiger partial charge on any atom is 0.292 e. The Labute approximate surface area is 179 Å². The van der Waals surface area contributed by atoms with Gasteiger partial charge in [0.25, 0.3) is 11.7 Å². The number of ketones is 1. The third-order valence-electron chi connectivity index (χ3n) is 5.08. The number of hydrogen-bond acceptors (Lipinski definition) is 8. The fourth-order valence-corrected chi connectivity index (χ4v) is 3.39. The van der Waals surface area contributed by atoms with Gasteiger partial charge in [0.2, 0.25) is 0 Å². The average molecular weight is 444 g/mol. The number of nitrogens with one attached hydrogen (secondary N) is 3. The van der Waals surface area contributed by atoms with Crippen LogP contribution < -0.4 is 25.4 Å². The molecule has 1 aliphatic heterocycles. The quantitative estimate of drug-likeness (QED) is 0.389. The molecule has 2 aromatic heterocycles. The molecule has 2 atom stereocenters. The maximum atomic E-state index is 14.1. The summed E-state index contributed by atoms with van der Waals surface area (Å²) in [6.45, 7) is 0.607. The SMILES string of the molecule is CNc1cc(Nc2cc(F)cc3c2OCCO3)nc2c(C(=O)C(=O)N[C@@H]3C[C@@H]3F)cnn12. The number of amides is 1. The second-order valence-corrected chi connectivity index (χ2v) is 7.33. The van der Waals surface area contributed by atoms with Crippen molar-refractivity contribution in [1.82, 2.24) is 19.9 Å². The van der Waals surface area contributed by atoms with E-state index in [1.807, 2.05) is 0 Å². The first-order chi connectivity index (χ1) is 15.4. The van der Waals surface area contributed by atoms with Gasteiger partial charge in [-0.15, -0.1) is 0 Å². The minimum atomic E-state index is -1.14. The van der Waals surface area contributed by atoms with Crippen molar-refractivity contribution in [3.05, 3.63) is 35.8 Å². The summed E-state index contributed by atoms with van der Waals surface area (Å²) in [5.74, 6) is -1.06. The molecule has 0 radical (unpaired) electrons. The van der Waals surface area contributed by atoms with Gasteiger partial charge in [-0.25, -0.2) is 13.8 Å². The molecular formula is C20H18F2N6O4. The molecule has 1 aliphatic carbocycles. The molecule has 10 nitrogen and oxygen atoms in total. The fraction of sp³-hybridized carbons (Fsp3) is 0.300. The highest BCUT2D eigenvalue weighted by atomic mass is 19.1. The number of carbonyl (C=O) groups is 2. The molecular weight excluding hydrogens is 426 g/mol. The number of carbonyl (C=O) groups excluding carboxylic acids is 2. The highest BCUT2D eigenvalue weighted by molar-refractivity contribution is 6.44. The van der Waals surface area contributed by atoms with Gasteiger partial charge in [0, 0.05) is 31.7 Å². The van der Waals surface area contributed by atoms with E-state index in [9.17, 15) is 18.4 Å². The second-order valence-electron chi connectivity index (χ2n) is 7.33. The molecule has 1 saturated carbocycles. The van der Waals surface area contributed by atoms with Gasteiger partial charge in [-0.05, 0) is 0 Å². The molecule has 3 N–H and O–H groups in total. The summed E-state index contributed by atoms with van der Waals surface area (Å²) in [7, 11) is 1.64. The van der Waals surface area contributed by atoms with Crippen LogP contribution in [-0.2, 0) is 4.79 Å². The Morgan fingerprint density at radius 3 is 2.75 bits per heavy atom. The van der Waals surface area contributed by atoms with Gasteiger partial charge in [0.1, 0.15) is 36.8 Å². The Kier molecular flexibility index (Phi) is 4.76. The van der Waals surface area contributed by atoms with Gasteiger partial charge in [-0.2, -0.15) is 9.61 Å². The summed E-state index contributed by atoms with van der Waals surface area (Å²) < 4.78 is 39.5. The smallest absolute Gasteiger partial charge is 0.292 e. The Hall–Kier alpha value is -3.96. The van der Waals surface area contributed by atoms with E-state index in [0.717, 1.165) is 0 Å². The molecule has 166 valence electrons. The zero-order chi connectivity index (χ0) is 22.4. The number of anilines is 3. The molecule has 3 heterocycles. The standard InChI is InChI=1S/C20H18F2N6O4/c1-23-16-7-15(25-13-4-9(21)5-14-18(13)32-3-2-31-14)27-19-10(8-24-28(16)19)17(29)20(30)26-12-6-11(12)22/h4-5,7-8,11-12,23H,2-3,6H2,1H3,(H,25,27)(H,26,30)/t11-,12+/m0/s1. The van der Waals surface area contributed by atoms with Crippen LogP contribution in [0.4, 0.5) is 26.1 Å². The Morgan fingerprint density at radius 2 is 2.00 bits per heavy atom. The van der Waals surface area contributed by atoms with Crippen LogP contribution in [0, 0.1) is 5.82 Å². The van der Waals surface area contributed by atoms with Crippen LogP contribution in [-0.4, -0.2) is 58.8 Å². The molecule has 0 saturated heterocycles. The Bertz CT molecular complexity index is 1250. The highest BCUT2D eigenvalue weighted by Crippen LogP contribution is 2.40. The van der Waals surface area contributed by atoms with Crippen molar-refractivity contribution in [3.63, 3.8) is 0 Å². The Balaban J connectivity index is 1.51. The van der Waals surface area contributed by atoms with Gasteiger partial charge in [-0.3, -0.25) is 9.59 Å². The molecule has 2 aliphatic rings. The van der Waals surface area contributed by atoms with Crippen molar-refractivity contribution < 1.29 is 27.8 Å². The number of alkyl halides is 1. The van der Waals surface area contributed by atoms with E-state index in [-0.39, 0.29) is 34.9 Å². The largest absolute Gasteiger partial charge is 0.486 e. The van der Waals surface area contributed by atoms with E-state index in [1.54, 1.807) is 13.1 Å². The van der Waals surface area contributed by atoms with Crippen molar-refractivity contribution in [1.29, 1.82) is 0 Å². The van der Waals surface area contributed by atoms with Crippen molar-refractivity contribution in [2.45, 2.75) is 18.6 Å². The van der Waals surface area contributed by atoms with Crippen LogP contribution >= 0.6 is 0 Å². The first-order valence-corrected chi connectivity index (χ1v) is 9.86. The van der Waals surface area contributed by atoms with E-state index >= 15 is 0 Å². The van der Waals surface area contributed by atoms with Crippen LogP contribution in [0.1, 0.15) is 16.8 Å². The monoisotopic (exact) mass is 444 g/mol. The molecule has 1 aromatic carbocycles. The molecule has 1 fully saturated rings. The zero-order valence-electron chi connectivity index (χ0n) is 16.8. The van der Waals surface area contributed by atoms with Crippen LogP contribution in [0.5, 0.6) is 11.5 Å². The average Bonchev–Trinajstić information content (AvgIpc) is 3.30. The van der Waals surface area contributed by atoms with E-state index < -0.39 is 29.7 Å². The fourth-order valence-electron chi connectivity index (χ4n) is 3.39. The van der Waals surface area contributed by atoms with Crippen molar-refractivity contribution in [2.24, 2.45) is 0 Å². The van der Waals surface area contributed by atoms with Crippen LogP contribution in [0.15, 0.2) is 24.4 Å². The molecule has 5 rings (SSSR count). The van der Waals surface area contributed by atoms with Crippen LogP contribution in [0.3, 0.4) is 0 Å². The number of aromatic nitrogens is 3. The number of ether oxygens (including phenoxy) is 2. The molecule has 12 heteroatoms. The summed E-state index contributed by atoms with van der Waals surface area (Å²) in [4.78, 5) is 29.2. The van der Waals surface area contributed by atoms with Gasteiger partial charge in [-0.1, -0.05) is 0 Å². The maximum absolute atomic E-state index is 14.1. The predicted molar refractivity (Wildman–Crippen MR) is 109 cm³/mol. The van der Waals surface area contributed by atoms with Gasteiger partial charge < -0.3 is 25.4 Å². The highest BCUT2D eigenvalue weighted by Gasteiger charge is 2.40. The molecule has 0 spiro atoms. The topological polar surface area (TPSA) is 119 Å². The number of hydrogen-bond donors (Lipinski definition) is 3. The van der Waals surface area contributed by atoms with E-state index in [1.165, 1.54) is 22.8 Å². The summed E-state index contributed by atoms with van der Waals surface area (Å²) >= 11 is 0. The third-order valence-corrected chi connectivity index (χ3v) is 5.08. The number of Topliss-reactive ketones (excluding diaryl/α,β-unsaturated/α-hetero) is 1. The summed E-state index contributed by atoms with van der Waals surface area (Å²) in [6.07, 6.45) is 0.271. The van der Waals surface area contributed by atoms with Crippen molar-refractivity contribution >= 4 is 34.7 Å². The summed E-state index contributed by atoms with van der Waals surface area (Å²) in [5.41, 5.74) is 0.320. The lowest BCUT2D eigenvalue weighted by atomic mass is 10.2. The normalized spacial score (nSPS) is 18.8. The summed E-state index contributed by atoms with van der Waals surface area (Å²) in [5, 5.41) is 12.4. The molecule has 3 aromatic rings. The van der Waals surface area contributed by atoms with Crippen molar-refractivity contribution in [3.8, 4) is 11.5 Å². The van der Waals surface area contributed by atoms with Gasteiger partial charge in [0.15, 0.2) is 17.1 Å². The van der Waals surface area contributed by atoms with Crippen LogP contribution in [0.2, 0.25) is 0 Å². The van der Waals surface area contributed by atoms with Crippen molar-refractivity contribution in [2.75, 3.05) is 30.9 Å². The molecule has 1 amide bonds. The third kappa shape index (κ3) is 3.53. The summed E-state index contributed by atoms with van der Waals surface area (Å²) in [6, 6.07) is 3.40. The van der Waals surface area contributed by atoms with E-state index in [4.69, 9.17) is 9.47 Å². The number of halogens is 2. The first-order valence-electron chi connectivity index (χ1n) is 9.86. The minimum absolute atomic E-state index is 0.0560. The van der Waals surface area contributed by atoms with E-state index in [0.29, 0.717) is 24.8 Å². The lowest BCUT2D eigenvalue weighted by molar-refractivity contribution is -0.117. The number of rotatable bonds is 6. The van der Waals surface area contributed by atoms with Gasteiger partial charge in [0.05, 0.1) is 23.5 Å². The molecule has 32 heavy (non-hydrogen) atoms. The molecule has 0 bridgehead atoms. The minimum Gasteiger partial charge on any atom is -0.486 e.